The Balaban J connectivity index is 2.31. The summed E-state index contributed by atoms with van der Waals surface area (Å²) in [5.41, 5.74) is 0. The molecule has 1 aliphatic rings. The van der Waals surface area contributed by atoms with Crippen molar-refractivity contribution in [3.8, 4) is 0 Å². The average molecular weight is 257 g/mol. The van der Waals surface area contributed by atoms with Crippen LogP contribution in [0.3, 0.4) is 0 Å². The smallest absolute Gasteiger partial charge is 0.236 e. The molecule has 0 aromatic rings. The highest BCUT2D eigenvalue weighted by atomic mass is 16.3. The van der Waals surface area contributed by atoms with E-state index in [2.05, 4.69) is 24.1 Å². The minimum absolute atomic E-state index is 0.196. The van der Waals surface area contributed by atoms with Crippen molar-refractivity contribution in [3.63, 3.8) is 0 Å². The molecule has 0 aromatic carbocycles. The van der Waals surface area contributed by atoms with Crippen LogP contribution in [-0.4, -0.2) is 72.7 Å². The van der Waals surface area contributed by atoms with Crippen molar-refractivity contribution >= 4 is 5.91 Å². The van der Waals surface area contributed by atoms with E-state index in [4.69, 9.17) is 5.11 Å². The van der Waals surface area contributed by atoms with Gasteiger partial charge in [-0.15, -0.1) is 0 Å². The fourth-order valence-electron chi connectivity index (χ4n) is 2.10. The van der Waals surface area contributed by atoms with Crippen LogP contribution in [0.25, 0.3) is 0 Å². The molecule has 1 atom stereocenters. The molecule has 0 radical (unpaired) electrons. The molecule has 5 nitrogen and oxygen atoms in total. The first kappa shape index (κ1) is 15.4. The van der Waals surface area contributed by atoms with Gasteiger partial charge in [0.15, 0.2) is 0 Å². The highest BCUT2D eigenvalue weighted by Crippen LogP contribution is 2.03. The zero-order valence-electron chi connectivity index (χ0n) is 11.7. The molecule has 0 bridgehead atoms. The van der Waals surface area contributed by atoms with E-state index in [0.29, 0.717) is 19.1 Å². The zero-order chi connectivity index (χ0) is 13.4. The number of amides is 1. The molecule has 0 spiro atoms. The SMILES string of the molecule is CCC(C)NCC(=O)N1CCCN(CCO)CC1. The first-order valence-electron chi connectivity index (χ1n) is 7.01. The molecule has 2 N–H and O–H groups in total. The third-order valence-electron chi connectivity index (χ3n) is 3.57. The van der Waals surface area contributed by atoms with Crippen molar-refractivity contribution in [2.45, 2.75) is 32.7 Å². The molecule has 1 aliphatic heterocycles. The maximum Gasteiger partial charge on any atom is 0.236 e. The number of nitrogens with zero attached hydrogens (tertiary/aromatic N) is 2. The number of rotatable bonds is 6. The Labute approximate surface area is 110 Å². The van der Waals surface area contributed by atoms with E-state index in [1.165, 1.54) is 0 Å². The molecule has 1 amide bonds. The largest absolute Gasteiger partial charge is 0.395 e. The van der Waals surface area contributed by atoms with E-state index < -0.39 is 0 Å². The maximum absolute atomic E-state index is 12.0. The van der Waals surface area contributed by atoms with Gasteiger partial charge in [0.25, 0.3) is 0 Å². The third-order valence-corrected chi connectivity index (χ3v) is 3.57. The molecule has 1 heterocycles. The summed E-state index contributed by atoms with van der Waals surface area (Å²) in [5.74, 6) is 0.196. The summed E-state index contributed by atoms with van der Waals surface area (Å²) >= 11 is 0. The summed E-state index contributed by atoms with van der Waals surface area (Å²) in [4.78, 5) is 16.2. The Hall–Kier alpha value is -0.650. The second-order valence-electron chi connectivity index (χ2n) is 4.99. The number of carbonyl (C=O) groups is 1. The van der Waals surface area contributed by atoms with Crippen LogP contribution >= 0.6 is 0 Å². The van der Waals surface area contributed by atoms with Gasteiger partial charge < -0.3 is 15.3 Å². The fraction of sp³-hybridized carbons (Fsp3) is 0.923. The van der Waals surface area contributed by atoms with Gasteiger partial charge in [-0.1, -0.05) is 6.92 Å². The fourth-order valence-corrected chi connectivity index (χ4v) is 2.10. The van der Waals surface area contributed by atoms with Gasteiger partial charge in [0.2, 0.25) is 5.91 Å². The Kier molecular flexibility index (Phi) is 7.23. The van der Waals surface area contributed by atoms with Crippen molar-refractivity contribution < 1.29 is 9.90 Å². The van der Waals surface area contributed by atoms with E-state index in [1.54, 1.807) is 0 Å². The lowest BCUT2D eigenvalue weighted by atomic mass is 10.2. The van der Waals surface area contributed by atoms with Crippen LogP contribution in [-0.2, 0) is 4.79 Å². The minimum atomic E-state index is 0.196. The van der Waals surface area contributed by atoms with Crippen LogP contribution < -0.4 is 5.32 Å². The van der Waals surface area contributed by atoms with Gasteiger partial charge in [-0.3, -0.25) is 9.69 Å². The first-order valence-corrected chi connectivity index (χ1v) is 7.01. The minimum Gasteiger partial charge on any atom is -0.395 e. The number of carbonyl (C=O) groups excluding carboxylic acids is 1. The Morgan fingerprint density at radius 3 is 2.78 bits per heavy atom. The highest BCUT2D eigenvalue weighted by molar-refractivity contribution is 5.78. The molecule has 18 heavy (non-hydrogen) atoms. The zero-order valence-corrected chi connectivity index (χ0v) is 11.7. The van der Waals surface area contributed by atoms with Gasteiger partial charge in [-0.2, -0.15) is 0 Å². The Morgan fingerprint density at radius 2 is 2.11 bits per heavy atom. The van der Waals surface area contributed by atoms with Crippen molar-refractivity contribution in [1.82, 2.24) is 15.1 Å². The summed E-state index contributed by atoms with van der Waals surface area (Å²) in [6.07, 6.45) is 2.03. The monoisotopic (exact) mass is 257 g/mol. The number of hydrogen-bond donors (Lipinski definition) is 2. The molecule has 1 unspecified atom stereocenters. The lowest BCUT2D eigenvalue weighted by molar-refractivity contribution is -0.130. The highest BCUT2D eigenvalue weighted by Gasteiger charge is 2.18. The predicted octanol–water partition coefficient (Wildman–Crippen LogP) is -0.0989. The number of aliphatic hydroxyl groups excluding tert-OH is 1. The van der Waals surface area contributed by atoms with Crippen molar-refractivity contribution in [1.29, 1.82) is 0 Å². The van der Waals surface area contributed by atoms with Crippen LogP contribution in [0.2, 0.25) is 0 Å². The molecule has 1 fully saturated rings. The predicted molar refractivity (Wildman–Crippen MR) is 72.5 cm³/mol. The number of hydrogen-bond acceptors (Lipinski definition) is 4. The standard InChI is InChI=1S/C13H27N3O2/c1-3-12(2)14-11-13(18)16-6-4-5-15(7-8-16)9-10-17/h12,14,17H,3-11H2,1-2H3. The van der Waals surface area contributed by atoms with E-state index in [-0.39, 0.29) is 12.5 Å². The topological polar surface area (TPSA) is 55.8 Å². The van der Waals surface area contributed by atoms with Gasteiger partial charge in [0.05, 0.1) is 13.2 Å². The Bertz CT molecular complexity index is 248. The molecule has 1 saturated heterocycles. The lowest BCUT2D eigenvalue weighted by Gasteiger charge is -2.22. The summed E-state index contributed by atoms with van der Waals surface area (Å²) in [5, 5.41) is 12.2. The molecule has 0 saturated carbocycles. The van der Waals surface area contributed by atoms with Gasteiger partial charge >= 0.3 is 0 Å². The van der Waals surface area contributed by atoms with E-state index in [1.807, 2.05) is 4.90 Å². The molecular weight excluding hydrogens is 230 g/mol. The second-order valence-corrected chi connectivity index (χ2v) is 4.99. The molecule has 5 heteroatoms. The molecule has 0 aliphatic carbocycles. The number of aliphatic hydroxyl groups is 1. The third kappa shape index (κ3) is 5.33. The summed E-state index contributed by atoms with van der Waals surface area (Å²) in [6, 6.07) is 0.395. The van der Waals surface area contributed by atoms with E-state index in [0.717, 1.165) is 39.0 Å². The van der Waals surface area contributed by atoms with E-state index >= 15 is 0 Å². The van der Waals surface area contributed by atoms with Gasteiger partial charge in [-0.25, -0.2) is 0 Å². The molecule has 1 rings (SSSR count). The van der Waals surface area contributed by atoms with Gasteiger partial charge in [0.1, 0.15) is 0 Å². The molecule has 106 valence electrons. The molecule has 0 aromatic heterocycles. The van der Waals surface area contributed by atoms with Crippen LogP contribution in [0.1, 0.15) is 26.7 Å². The maximum atomic E-state index is 12.0. The Morgan fingerprint density at radius 1 is 1.33 bits per heavy atom. The average Bonchev–Trinajstić information content (AvgIpc) is 2.61. The summed E-state index contributed by atoms with van der Waals surface area (Å²) in [6.45, 7) is 9.02. The van der Waals surface area contributed by atoms with Crippen molar-refractivity contribution in [3.05, 3.63) is 0 Å². The van der Waals surface area contributed by atoms with Gasteiger partial charge in [0, 0.05) is 32.2 Å². The van der Waals surface area contributed by atoms with Crippen LogP contribution in [0.15, 0.2) is 0 Å². The lowest BCUT2D eigenvalue weighted by Crippen LogP contribution is -2.42. The van der Waals surface area contributed by atoms with Crippen LogP contribution in [0, 0.1) is 0 Å². The first-order chi connectivity index (χ1) is 8.67. The van der Waals surface area contributed by atoms with Crippen LogP contribution in [0.5, 0.6) is 0 Å². The number of β-amino-alcohol motifs (C(OH)–C–C–N with tert-alkyl or cyclic N) is 1. The van der Waals surface area contributed by atoms with E-state index in [9.17, 15) is 4.79 Å². The summed E-state index contributed by atoms with van der Waals surface area (Å²) < 4.78 is 0. The second kappa shape index (κ2) is 8.45. The summed E-state index contributed by atoms with van der Waals surface area (Å²) in [7, 11) is 0. The van der Waals surface area contributed by atoms with Gasteiger partial charge in [-0.05, 0) is 26.3 Å². The quantitative estimate of drug-likeness (QED) is 0.698. The van der Waals surface area contributed by atoms with Crippen molar-refractivity contribution in [2.75, 3.05) is 45.9 Å². The van der Waals surface area contributed by atoms with Crippen molar-refractivity contribution in [2.24, 2.45) is 0 Å². The normalized spacial score (nSPS) is 19.6. The number of nitrogens with one attached hydrogen (secondary N) is 1. The molecular formula is C13H27N3O2. The van der Waals surface area contributed by atoms with Crippen LogP contribution in [0.4, 0.5) is 0 Å².